The van der Waals surface area contributed by atoms with Gasteiger partial charge in [-0.2, -0.15) is 0 Å². The van der Waals surface area contributed by atoms with Crippen molar-refractivity contribution in [1.82, 2.24) is 0 Å². The highest BCUT2D eigenvalue weighted by Crippen LogP contribution is 2.24. The van der Waals surface area contributed by atoms with Gasteiger partial charge in [0.05, 0.1) is 6.10 Å². The molecule has 2 rings (SSSR count). The van der Waals surface area contributed by atoms with Crippen molar-refractivity contribution in [2.75, 3.05) is 0 Å². The van der Waals surface area contributed by atoms with E-state index >= 15 is 0 Å². The predicted octanol–water partition coefficient (Wildman–Crippen LogP) is 4.20. The van der Waals surface area contributed by atoms with E-state index in [0.29, 0.717) is 5.02 Å². The van der Waals surface area contributed by atoms with Crippen molar-refractivity contribution < 1.29 is 13.9 Å². The maximum absolute atomic E-state index is 13.7. The molecule has 0 aromatic heterocycles. The van der Waals surface area contributed by atoms with Gasteiger partial charge >= 0.3 is 0 Å². The summed E-state index contributed by atoms with van der Waals surface area (Å²) >= 11 is 5.76. The van der Waals surface area contributed by atoms with Crippen molar-refractivity contribution in [3.05, 3.63) is 69.7 Å². The fourth-order valence-electron chi connectivity index (χ4n) is 1.87. The van der Waals surface area contributed by atoms with Crippen LogP contribution in [0.2, 0.25) is 5.02 Å². The molecule has 0 heterocycles. The Morgan fingerprint density at radius 2 is 1.74 bits per heavy atom. The number of aliphatic hydroxyl groups excluding tert-OH is 1. The van der Waals surface area contributed by atoms with Crippen LogP contribution in [0.4, 0.5) is 8.78 Å². The van der Waals surface area contributed by atoms with Crippen molar-refractivity contribution in [3.8, 4) is 0 Å². The minimum atomic E-state index is -1.09. The zero-order valence-electron chi connectivity index (χ0n) is 10.3. The molecule has 0 aliphatic heterocycles. The Balaban J connectivity index is 2.22. The number of aliphatic hydroxyl groups is 1. The lowest BCUT2D eigenvalue weighted by Gasteiger charge is -2.13. The SMILES string of the molecule is Cc1cc(F)c(C(O)Cc2ccc(Cl)cc2)cc1F. The van der Waals surface area contributed by atoms with Crippen molar-refractivity contribution in [3.63, 3.8) is 0 Å². The second kappa shape index (κ2) is 5.68. The summed E-state index contributed by atoms with van der Waals surface area (Å²) in [7, 11) is 0. The fraction of sp³-hybridized carbons (Fsp3) is 0.200. The van der Waals surface area contributed by atoms with Crippen LogP contribution in [0, 0.1) is 18.6 Å². The summed E-state index contributed by atoms with van der Waals surface area (Å²) in [6.07, 6.45) is -0.882. The van der Waals surface area contributed by atoms with E-state index in [9.17, 15) is 13.9 Å². The van der Waals surface area contributed by atoms with Gasteiger partial charge in [-0.3, -0.25) is 0 Å². The molecular formula is C15H13ClF2O. The molecule has 1 atom stereocenters. The van der Waals surface area contributed by atoms with Crippen molar-refractivity contribution in [1.29, 1.82) is 0 Å². The summed E-state index contributed by atoms with van der Waals surface area (Å²) in [4.78, 5) is 0. The Morgan fingerprint density at radius 3 is 2.37 bits per heavy atom. The van der Waals surface area contributed by atoms with Crippen LogP contribution in [-0.4, -0.2) is 5.11 Å². The van der Waals surface area contributed by atoms with Gasteiger partial charge in [-0.15, -0.1) is 0 Å². The lowest BCUT2D eigenvalue weighted by molar-refractivity contribution is 0.173. The van der Waals surface area contributed by atoms with Crippen LogP contribution < -0.4 is 0 Å². The molecule has 19 heavy (non-hydrogen) atoms. The van der Waals surface area contributed by atoms with Crippen LogP contribution in [0.25, 0.3) is 0 Å². The lowest BCUT2D eigenvalue weighted by Crippen LogP contribution is -2.06. The van der Waals surface area contributed by atoms with Gasteiger partial charge in [0.2, 0.25) is 0 Å². The Hall–Kier alpha value is -1.45. The van der Waals surface area contributed by atoms with Crippen LogP contribution in [0.5, 0.6) is 0 Å². The highest BCUT2D eigenvalue weighted by molar-refractivity contribution is 6.30. The molecular weight excluding hydrogens is 270 g/mol. The molecule has 0 aliphatic rings. The van der Waals surface area contributed by atoms with E-state index in [1.807, 2.05) is 0 Å². The number of aryl methyl sites for hydroxylation is 1. The van der Waals surface area contributed by atoms with Gasteiger partial charge in [-0.25, -0.2) is 8.78 Å². The first kappa shape index (κ1) is 14.0. The molecule has 100 valence electrons. The van der Waals surface area contributed by atoms with Gasteiger partial charge in [-0.1, -0.05) is 23.7 Å². The first-order valence-corrected chi connectivity index (χ1v) is 6.23. The highest BCUT2D eigenvalue weighted by atomic mass is 35.5. The maximum Gasteiger partial charge on any atom is 0.129 e. The Bertz CT molecular complexity index is 581. The minimum absolute atomic E-state index is 0.0296. The van der Waals surface area contributed by atoms with Crippen molar-refractivity contribution >= 4 is 11.6 Å². The number of hydrogen-bond donors (Lipinski definition) is 1. The molecule has 0 fully saturated rings. The van der Waals surface area contributed by atoms with Gasteiger partial charge in [0.15, 0.2) is 0 Å². The zero-order chi connectivity index (χ0) is 14.0. The average Bonchev–Trinajstić information content (AvgIpc) is 2.36. The Labute approximate surface area is 115 Å². The molecule has 0 radical (unpaired) electrons. The van der Waals surface area contributed by atoms with Gasteiger partial charge in [-0.05, 0) is 42.3 Å². The molecule has 0 saturated carbocycles. The van der Waals surface area contributed by atoms with Gasteiger partial charge in [0.25, 0.3) is 0 Å². The largest absolute Gasteiger partial charge is 0.388 e. The van der Waals surface area contributed by atoms with Crippen LogP contribution in [0.1, 0.15) is 22.8 Å². The van der Waals surface area contributed by atoms with Crippen LogP contribution in [0.15, 0.2) is 36.4 Å². The van der Waals surface area contributed by atoms with Gasteiger partial charge < -0.3 is 5.11 Å². The first-order chi connectivity index (χ1) is 8.97. The number of hydrogen-bond acceptors (Lipinski definition) is 1. The number of benzene rings is 2. The molecule has 0 bridgehead atoms. The topological polar surface area (TPSA) is 20.2 Å². The lowest BCUT2D eigenvalue weighted by atomic mass is 9.99. The Kier molecular flexibility index (Phi) is 4.17. The third kappa shape index (κ3) is 3.31. The third-order valence-corrected chi connectivity index (χ3v) is 3.23. The molecule has 0 aliphatic carbocycles. The van der Waals surface area contributed by atoms with E-state index in [1.165, 1.54) is 6.92 Å². The van der Waals surface area contributed by atoms with E-state index < -0.39 is 17.7 Å². The van der Waals surface area contributed by atoms with Crippen molar-refractivity contribution in [2.45, 2.75) is 19.4 Å². The summed E-state index contributed by atoms with van der Waals surface area (Å²) in [5, 5.41) is 10.6. The monoisotopic (exact) mass is 282 g/mol. The standard InChI is InChI=1S/C15H13ClF2O/c1-9-6-14(18)12(8-13(9)17)15(19)7-10-2-4-11(16)5-3-10/h2-6,8,15,19H,7H2,1H3. The molecule has 2 aromatic rings. The second-order valence-corrected chi connectivity index (χ2v) is 4.91. The Morgan fingerprint density at radius 1 is 1.11 bits per heavy atom. The third-order valence-electron chi connectivity index (χ3n) is 2.98. The normalized spacial score (nSPS) is 12.5. The number of halogens is 3. The highest BCUT2D eigenvalue weighted by Gasteiger charge is 2.16. The maximum atomic E-state index is 13.7. The van der Waals surface area contributed by atoms with E-state index in [4.69, 9.17) is 11.6 Å². The minimum Gasteiger partial charge on any atom is -0.388 e. The van der Waals surface area contributed by atoms with Gasteiger partial charge in [0, 0.05) is 17.0 Å². The second-order valence-electron chi connectivity index (χ2n) is 4.47. The van der Waals surface area contributed by atoms with Crippen LogP contribution in [0.3, 0.4) is 0 Å². The summed E-state index contributed by atoms with van der Waals surface area (Å²) in [5.74, 6) is -1.12. The van der Waals surface area contributed by atoms with Gasteiger partial charge in [0.1, 0.15) is 11.6 Å². The first-order valence-electron chi connectivity index (χ1n) is 5.85. The van der Waals surface area contributed by atoms with Crippen LogP contribution >= 0.6 is 11.6 Å². The van der Waals surface area contributed by atoms with E-state index in [-0.39, 0.29) is 17.5 Å². The molecule has 0 spiro atoms. The molecule has 4 heteroatoms. The smallest absolute Gasteiger partial charge is 0.129 e. The summed E-state index contributed by atoms with van der Waals surface area (Å²) in [6.45, 7) is 1.48. The molecule has 0 saturated heterocycles. The fourth-order valence-corrected chi connectivity index (χ4v) is 2.00. The summed E-state index contributed by atoms with van der Waals surface area (Å²) in [6, 6.07) is 9.01. The van der Waals surface area contributed by atoms with Crippen LogP contribution in [-0.2, 0) is 6.42 Å². The number of rotatable bonds is 3. The summed E-state index contributed by atoms with van der Waals surface area (Å²) in [5.41, 5.74) is 0.996. The predicted molar refractivity (Wildman–Crippen MR) is 71.2 cm³/mol. The van der Waals surface area contributed by atoms with E-state index in [0.717, 1.165) is 17.7 Å². The average molecular weight is 283 g/mol. The van der Waals surface area contributed by atoms with E-state index in [1.54, 1.807) is 24.3 Å². The zero-order valence-corrected chi connectivity index (χ0v) is 11.1. The molecule has 1 N–H and O–H groups in total. The van der Waals surface area contributed by atoms with Crippen molar-refractivity contribution in [2.24, 2.45) is 0 Å². The molecule has 1 unspecified atom stereocenters. The summed E-state index contributed by atoms with van der Waals surface area (Å²) < 4.78 is 27.1. The van der Waals surface area contributed by atoms with E-state index in [2.05, 4.69) is 0 Å². The molecule has 1 nitrogen and oxygen atoms in total. The quantitative estimate of drug-likeness (QED) is 0.894. The molecule has 0 amide bonds. The molecule has 2 aromatic carbocycles.